The number of likely N-dealkylation sites (N-methyl/N-ethyl adjacent to an activating group) is 1. The Kier molecular flexibility index (Phi) is 4.72. The molecule has 0 atom stereocenters. The van der Waals surface area contributed by atoms with E-state index in [2.05, 4.69) is 15.6 Å². The van der Waals surface area contributed by atoms with Crippen LogP contribution in [0.15, 0.2) is 54.9 Å². The summed E-state index contributed by atoms with van der Waals surface area (Å²) in [5.74, 6) is -0.840. The van der Waals surface area contributed by atoms with E-state index in [1.54, 1.807) is 24.4 Å². The van der Waals surface area contributed by atoms with E-state index in [1.807, 2.05) is 37.1 Å². The summed E-state index contributed by atoms with van der Waals surface area (Å²) in [7, 11) is 1.83. The first-order chi connectivity index (χ1) is 13.9. The summed E-state index contributed by atoms with van der Waals surface area (Å²) >= 11 is 0. The van der Waals surface area contributed by atoms with Gasteiger partial charge in [-0.05, 0) is 48.4 Å². The van der Waals surface area contributed by atoms with Crippen LogP contribution in [-0.4, -0.2) is 30.4 Å². The van der Waals surface area contributed by atoms with Gasteiger partial charge in [0.05, 0.1) is 24.1 Å². The van der Waals surface area contributed by atoms with Crippen LogP contribution in [-0.2, 0) is 4.79 Å². The summed E-state index contributed by atoms with van der Waals surface area (Å²) in [5.41, 5.74) is 4.76. The smallest absolute Gasteiger partial charge is 0.255 e. The zero-order chi connectivity index (χ0) is 20.5. The van der Waals surface area contributed by atoms with Crippen molar-refractivity contribution in [2.45, 2.75) is 6.92 Å². The number of aryl methyl sites for hydroxylation is 1. The van der Waals surface area contributed by atoms with Gasteiger partial charge < -0.3 is 15.5 Å². The summed E-state index contributed by atoms with van der Waals surface area (Å²) in [6.07, 6.45) is 2.72. The number of nitrogens with zero attached hydrogens (tertiary/aromatic N) is 2. The third-order valence-electron chi connectivity index (χ3n) is 4.85. The van der Waals surface area contributed by atoms with E-state index >= 15 is 0 Å². The molecule has 7 heteroatoms. The monoisotopic (exact) mass is 390 g/mol. The van der Waals surface area contributed by atoms with Gasteiger partial charge in [0.2, 0.25) is 5.91 Å². The molecule has 2 amide bonds. The van der Waals surface area contributed by atoms with Gasteiger partial charge in [-0.15, -0.1) is 0 Å². The number of benzene rings is 2. The van der Waals surface area contributed by atoms with Crippen molar-refractivity contribution < 1.29 is 14.0 Å². The molecule has 0 unspecified atom stereocenters. The Morgan fingerprint density at radius 2 is 1.97 bits per heavy atom. The molecule has 6 nitrogen and oxygen atoms in total. The van der Waals surface area contributed by atoms with E-state index in [0.29, 0.717) is 22.5 Å². The molecule has 1 aliphatic rings. The molecule has 146 valence electrons. The Labute approximate surface area is 167 Å². The van der Waals surface area contributed by atoms with Crippen LogP contribution in [0.4, 0.5) is 21.5 Å². The largest absolute Gasteiger partial charge is 0.364 e. The highest BCUT2D eigenvalue weighted by atomic mass is 19.1. The number of fused-ring (bicyclic) bond motifs is 1. The molecule has 0 aliphatic carbocycles. The molecular weight excluding hydrogens is 371 g/mol. The van der Waals surface area contributed by atoms with Crippen molar-refractivity contribution in [3.05, 3.63) is 71.8 Å². The molecule has 29 heavy (non-hydrogen) atoms. The number of hydrogen-bond donors (Lipinski definition) is 2. The number of rotatable bonds is 3. The number of halogens is 1. The average molecular weight is 390 g/mol. The van der Waals surface area contributed by atoms with Gasteiger partial charge in [0.25, 0.3) is 5.91 Å². The summed E-state index contributed by atoms with van der Waals surface area (Å²) in [6.45, 7) is 2.16. The van der Waals surface area contributed by atoms with Crippen molar-refractivity contribution in [1.29, 1.82) is 0 Å². The van der Waals surface area contributed by atoms with E-state index in [4.69, 9.17) is 0 Å². The summed E-state index contributed by atoms with van der Waals surface area (Å²) < 4.78 is 13.5. The first kappa shape index (κ1) is 18.6. The maximum absolute atomic E-state index is 13.5. The van der Waals surface area contributed by atoms with Crippen LogP contribution < -0.4 is 15.5 Å². The maximum atomic E-state index is 13.5. The van der Waals surface area contributed by atoms with Gasteiger partial charge in [0.1, 0.15) is 5.82 Å². The van der Waals surface area contributed by atoms with Gasteiger partial charge in [-0.1, -0.05) is 12.1 Å². The fraction of sp³-hybridized carbons (Fsp3) is 0.136. The molecule has 2 N–H and O–H groups in total. The highest BCUT2D eigenvalue weighted by molar-refractivity contribution is 6.08. The number of anilines is 3. The zero-order valence-corrected chi connectivity index (χ0v) is 16.0. The van der Waals surface area contributed by atoms with Crippen LogP contribution in [0, 0.1) is 12.7 Å². The van der Waals surface area contributed by atoms with Gasteiger partial charge in [-0.3, -0.25) is 14.6 Å². The predicted octanol–water partition coefficient (Wildman–Crippen LogP) is 3.84. The number of carbonyl (C=O) groups is 2. The maximum Gasteiger partial charge on any atom is 0.255 e. The van der Waals surface area contributed by atoms with Crippen LogP contribution in [0.3, 0.4) is 0 Å². The molecule has 0 spiro atoms. The van der Waals surface area contributed by atoms with Gasteiger partial charge in [0.15, 0.2) is 0 Å². The minimum atomic E-state index is -0.422. The van der Waals surface area contributed by atoms with Crippen molar-refractivity contribution in [1.82, 2.24) is 4.98 Å². The van der Waals surface area contributed by atoms with Crippen LogP contribution in [0.1, 0.15) is 15.9 Å². The van der Waals surface area contributed by atoms with Crippen molar-refractivity contribution in [3.63, 3.8) is 0 Å². The molecule has 0 saturated carbocycles. The van der Waals surface area contributed by atoms with Crippen molar-refractivity contribution in [2.75, 3.05) is 29.1 Å². The molecule has 2 aromatic carbocycles. The summed E-state index contributed by atoms with van der Waals surface area (Å²) in [6, 6.07) is 12.1. The summed E-state index contributed by atoms with van der Waals surface area (Å²) in [4.78, 5) is 30.3. The number of amides is 2. The van der Waals surface area contributed by atoms with Gasteiger partial charge in [-0.2, -0.15) is 0 Å². The van der Waals surface area contributed by atoms with E-state index in [0.717, 1.165) is 23.0 Å². The second-order valence-electron chi connectivity index (χ2n) is 7.01. The predicted molar refractivity (Wildman–Crippen MR) is 111 cm³/mol. The lowest BCUT2D eigenvalue weighted by Crippen LogP contribution is -2.35. The second-order valence-corrected chi connectivity index (χ2v) is 7.01. The fourth-order valence-corrected chi connectivity index (χ4v) is 3.30. The Morgan fingerprint density at radius 3 is 2.76 bits per heavy atom. The second kappa shape index (κ2) is 7.35. The Hall–Kier alpha value is -3.74. The van der Waals surface area contributed by atoms with Crippen LogP contribution in [0.2, 0.25) is 0 Å². The lowest BCUT2D eigenvalue weighted by Gasteiger charge is -2.27. The zero-order valence-electron chi connectivity index (χ0n) is 16.0. The molecule has 2 heterocycles. The fourth-order valence-electron chi connectivity index (χ4n) is 3.30. The molecule has 0 bridgehead atoms. The first-order valence-corrected chi connectivity index (χ1v) is 9.08. The molecule has 0 fully saturated rings. The van der Waals surface area contributed by atoms with Gasteiger partial charge >= 0.3 is 0 Å². The Morgan fingerprint density at radius 1 is 1.14 bits per heavy atom. The summed E-state index contributed by atoms with van der Waals surface area (Å²) in [5, 5.41) is 5.69. The lowest BCUT2D eigenvalue weighted by molar-refractivity contribution is -0.115. The van der Waals surface area contributed by atoms with Gasteiger partial charge in [0, 0.05) is 30.1 Å². The Balaban J connectivity index is 1.61. The van der Waals surface area contributed by atoms with Crippen LogP contribution in [0.5, 0.6) is 0 Å². The molecule has 3 aromatic rings. The van der Waals surface area contributed by atoms with E-state index in [-0.39, 0.29) is 18.4 Å². The minimum absolute atomic E-state index is 0.121. The van der Waals surface area contributed by atoms with Crippen molar-refractivity contribution >= 4 is 28.9 Å². The van der Waals surface area contributed by atoms with E-state index in [1.165, 1.54) is 6.07 Å². The van der Waals surface area contributed by atoms with Crippen LogP contribution in [0.25, 0.3) is 11.1 Å². The first-order valence-electron chi connectivity index (χ1n) is 9.08. The van der Waals surface area contributed by atoms with E-state index < -0.39 is 5.82 Å². The highest BCUT2D eigenvalue weighted by Gasteiger charge is 2.20. The number of aromatic nitrogens is 1. The number of pyridine rings is 1. The molecule has 1 aliphatic heterocycles. The molecule has 0 radical (unpaired) electrons. The van der Waals surface area contributed by atoms with Gasteiger partial charge in [-0.25, -0.2) is 4.39 Å². The molecule has 1 aromatic heterocycles. The standard InChI is InChI=1S/C22H19FN4O2/c1-13-3-4-14(16-7-17(23)11-24-10-16)8-18(13)26-22(29)15-5-6-20-19(9-15)25-21(28)12-27(20)2/h3-11H,12H2,1-2H3,(H,25,28)(H,26,29). The lowest BCUT2D eigenvalue weighted by atomic mass is 10.0. The topological polar surface area (TPSA) is 74.3 Å². The quantitative estimate of drug-likeness (QED) is 0.713. The van der Waals surface area contributed by atoms with E-state index in [9.17, 15) is 14.0 Å². The third kappa shape index (κ3) is 3.80. The third-order valence-corrected chi connectivity index (χ3v) is 4.85. The SMILES string of the molecule is Cc1ccc(-c2cncc(F)c2)cc1NC(=O)c1ccc2c(c1)NC(=O)CN2C. The normalized spacial score (nSPS) is 12.9. The Bertz CT molecular complexity index is 1130. The molecule has 0 saturated heterocycles. The van der Waals surface area contributed by atoms with Crippen LogP contribution >= 0.6 is 0 Å². The average Bonchev–Trinajstić information content (AvgIpc) is 2.69. The van der Waals surface area contributed by atoms with Crippen molar-refractivity contribution in [2.24, 2.45) is 0 Å². The number of nitrogens with one attached hydrogen (secondary N) is 2. The number of hydrogen-bond acceptors (Lipinski definition) is 4. The minimum Gasteiger partial charge on any atom is -0.364 e. The highest BCUT2D eigenvalue weighted by Crippen LogP contribution is 2.30. The number of carbonyl (C=O) groups excluding carboxylic acids is 2. The van der Waals surface area contributed by atoms with Crippen molar-refractivity contribution in [3.8, 4) is 11.1 Å². The molecule has 4 rings (SSSR count). The molecular formula is C22H19FN4O2.